The summed E-state index contributed by atoms with van der Waals surface area (Å²) in [4.78, 5) is 14.3. The van der Waals surface area contributed by atoms with Gasteiger partial charge in [0.25, 0.3) is 5.91 Å². The number of carbonyl (C=O) groups excluding carboxylic acids is 1. The number of ether oxygens (including phenoxy) is 1. The second-order valence-corrected chi connectivity index (χ2v) is 7.74. The van der Waals surface area contributed by atoms with Crippen LogP contribution in [0.4, 0.5) is 13.2 Å². The normalized spacial score (nSPS) is 28.4. The minimum absolute atomic E-state index is 0.0805. The third-order valence-electron chi connectivity index (χ3n) is 5.58. The smallest absolute Gasteiger partial charge is 0.384 e. The van der Waals surface area contributed by atoms with Gasteiger partial charge in [-0.3, -0.25) is 4.79 Å². The van der Waals surface area contributed by atoms with Crippen LogP contribution in [0.25, 0.3) is 0 Å². The van der Waals surface area contributed by atoms with Crippen molar-refractivity contribution in [2.45, 2.75) is 26.4 Å². The topological polar surface area (TPSA) is 29.5 Å². The second-order valence-electron chi connectivity index (χ2n) is 7.74. The van der Waals surface area contributed by atoms with Crippen molar-refractivity contribution in [3.8, 4) is 0 Å². The molecule has 1 aromatic rings. The van der Waals surface area contributed by atoms with Gasteiger partial charge in [0.05, 0.1) is 17.7 Å². The molecule has 1 heterocycles. The van der Waals surface area contributed by atoms with Gasteiger partial charge in [-0.15, -0.1) is 0 Å². The van der Waals surface area contributed by atoms with Crippen LogP contribution in [-0.4, -0.2) is 37.6 Å². The minimum Gasteiger partial charge on any atom is -0.384 e. The van der Waals surface area contributed by atoms with Gasteiger partial charge in [0.1, 0.15) is 0 Å². The van der Waals surface area contributed by atoms with Crippen LogP contribution in [0.15, 0.2) is 24.3 Å². The van der Waals surface area contributed by atoms with Gasteiger partial charge >= 0.3 is 6.18 Å². The maximum absolute atomic E-state index is 13.2. The summed E-state index contributed by atoms with van der Waals surface area (Å²) in [6, 6.07) is 5.01. The molecule has 1 aliphatic carbocycles. The summed E-state index contributed by atoms with van der Waals surface area (Å²) in [5, 5.41) is 0. The zero-order valence-corrected chi connectivity index (χ0v) is 14.1. The monoisotopic (exact) mass is 341 g/mol. The molecule has 0 bridgehead atoms. The third-order valence-corrected chi connectivity index (χ3v) is 5.58. The zero-order valence-electron chi connectivity index (χ0n) is 14.1. The number of hydrogen-bond acceptors (Lipinski definition) is 2. The first-order valence-corrected chi connectivity index (χ1v) is 8.05. The fraction of sp³-hybridized carbons (Fsp3) is 0.611. The number of carbonyl (C=O) groups is 1. The zero-order chi connectivity index (χ0) is 17.8. The van der Waals surface area contributed by atoms with Crippen LogP contribution in [-0.2, 0) is 10.9 Å². The number of halogens is 3. The fourth-order valence-corrected chi connectivity index (χ4v) is 4.85. The van der Waals surface area contributed by atoms with Crippen LogP contribution in [0.2, 0.25) is 0 Å². The quantitative estimate of drug-likeness (QED) is 0.836. The second kappa shape index (κ2) is 5.48. The summed E-state index contributed by atoms with van der Waals surface area (Å²) >= 11 is 0. The molecule has 1 aromatic carbocycles. The van der Waals surface area contributed by atoms with Crippen molar-refractivity contribution in [2.24, 2.45) is 16.7 Å². The van der Waals surface area contributed by atoms with E-state index < -0.39 is 17.6 Å². The van der Waals surface area contributed by atoms with Crippen LogP contribution in [0.5, 0.6) is 0 Å². The predicted octanol–water partition coefficient (Wildman–Crippen LogP) is 3.84. The number of alkyl halides is 3. The molecule has 24 heavy (non-hydrogen) atoms. The summed E-state index contributed by atoms with van der Waals surface area (Å²) in [6.45, 7) is 5.76. The highest BCUT2D eigenvalue weighted by Gasteiger charge is 2.63. The lowest BCUT2D eigenvalue weighted by Crippen LogP contribution is -2.55. The van der Waals surface area contributed by atoms with Gasteiger partial charge in [-0.25, -0.2) is 0 Å². The van der Waals surface area contributed by atoms with E-state index in [0.717, 1.165) is 12.5 Å². The van der Waals surface area contributed by atoms with Crippen molar-refractivity contribution >= 4 is 5.91 Å². The Morgan fingerprint density at radius 3 is 2.58 bits per heavy atom. The molecule has 2 atom stereocenters. The largest absolute Gasteiger partial charge is 0.417 e. The first-order valence-electron chi connectivity index (χ1n) is 8.05. The highest BCUT2D eigenvalue weighted by atomic mass is 19.4. The van der Waals surface area contributed by atoms with E-state index in [9.17, 15) is 18.0 Å². The van der Waals surface area contributed by atoms with E-state index >= 15 is 0 Å². The van der Waals surface area contributed by atoms with E-state index in [-0.39, 0.29) is 22.3 Å². The highest BCUT2D eigenvalue weighted by Crippen LogP contribution is 2.62. The van der Waals surface area contributed by atoms with Gasteiger partial charge in [0.2, 0.25) is 0 Å². The highest BCUT2D eigenvalue weighted by molar-refractivity contribution is 5.96. The Bertz CT molecular complexity index is 656. The molecular formula is C18H22F3NO2. The number of hydrogen-bond donors (Lipinski definition) is 0. The summed E-state index contributed by atoms with van der Waals surface area (Å²) in [5.41, 5.74) is -1.18. The molecule has 3 nitrogen and oxygen atoms in total. The van der Waals surface area contributed by atoms with Crippen LogP contribution in [0, 0.1) is 16.7 Å². The maximum atomic E-state index is 13.2. The number of likely N-dealkylation sites (tertiary alicyclic amines) is 1. The standard InChI is InChI=1S/C18H22F3NO2/c1-16(2)9-17(11-24-3)10-22(8-14(16)17)15(23)12-6-4-5-7-13(12)18(19,20)21/h4-7,14H,8-11H2,1-3H3/t14-,17-/m1/s1. The van der Waals surface area contributed by atoms with Gasteiger partial charge in [-0.05, 0) is 29.9 Å². The van der Waals surface area contributed by atoms with E-state index in [4.69, 9.17) is 4.74 Å². The average molecular weight is 341 g/mol. The Kier molecular flexibility index (Phi) is 3.94. The summed E-state index contributed by atoms with van der Waals surface area (Å²) in [7, 11) is 1.63. The van der Waals surface area contributed by atoms with Gasteiger partial charge in [0, 0.05) is 25.6 Å². The lowest BCUT2D eigenvalue weighted by Gasteiger charge is -2.56. The van der Waals surface area contributed by atoms with E-state index in [1.54, 1.807) is 12.0 Å². The van der Waals surface area contributed by atoms with Crippen molar-refractivity contribution in [1.82, 2.24) is 4.90 Å². The van der Waals surface area contributed by atoms with Crippen LogP contribution < -0.4 is 0 Å². The van der Waals surface area contributed by atoms with Gasteiger partial charge in [0.15, 0.2) is 0 Å². The van der Waals surface area contributed by atoms with E-state index in [1.165, 1.54) is 18.2 Å². The Morgan fingerprint density at radius 1 is 1.33 bits per heavy atom. The van der Waals surface area contributed by atoms with E-state index in [2.05, 4.69) is 13.8 Å². The molecule has 0 radical (unpaired) electrons. The predicted molar refractivity (Wildman–Crippen MR) is 83.5 cm³/mol. The molecule has 6 heteroatoms. The van der Waals surface area contributed by atoms with E-state index in [1.807, 2.05) is 0 Å². The van der Waals surface area contributed by atoms with Gasteiger partial charge < -0.3 is 9.64 Å². The van der Waals surface area contributed by atoms with Crippen molar-refractivity contribution in [2.75, 3.05) is 26.8 Å². The molecule has 2 aliphatic rings. The molecule has 132 valence electrons. The fourth-order valence-electron chi connectivity index (χ4n) is 4.85. The maximum Gasteiger partial charge on any atom is 0.417 e. The van der Waals surface area contributed by atoms with Crippen molar-refractivity contribution in [3.05, 3.63) is 35.4 Å². The molecule has 1 aliphatic heterocycles. The average Bonchev–Trinajstić information content (AvgIpc) is 2.81. The molecule has 0 aromatic heterocycles. The molecule has 2 fully saturated rings. The molecule has 0 unspecified atom stereocenters. The van der Waals surface area contributed by atoms with Gasteiger partial charge in [-0.1, -0.05) is 26.0 Å². The Balaban J connectivity index is 1.88. The molecular weight excluding hydrogens is 319 g/mol. The number of nitrogens with zero attached hydrogens (tertiary/aromatic N) is 1. The first kappa shape index (κ1) is 17.3. The molecule has 0 spiro atoms. The number of benzene rings is 1. The van der Waals surface area contributed by atoms with Crippen molar-refractivity contribution in [3.63, 3.8) is 0 Å². The lowest BCUT2D eigenvalue weighted by molar-refractivity contribution is -0.138. The first-order chi connectivity index (χ1) is 11.1. The Labute approximate surface area is 139 Å². The van der Waals surface area contributed by atoms with Crippen LogP contribution >= 0.6 is 0 Å². The lowest BCUT2D eigenvalue weighted by atomic mass is 9.48. The number of fused-ring (bicyclic) bond motifs is 1. The summed E-state index contributed by atoms with van der Waals surface area (Å²) < 4.78 is 44.9. The molecule has 0 N–H and O–H groups in total. The molecule has 1 amide bonds. The number of methoxy groups -OCH3 is 1. The van der Waals surface area contributed by atoms with Gasteiger partial charge in [-0.2, -0.15) is 13.2 Å². The van der Waals surface area contributed by atoms with Crippen LogP contribution in [0.3, 0.4) is 0 Å². The van der Waals surface area contributed by atoms with Crippen molar-refractivity contribution in [1.29, 1.82) is 0 Å². The SMILES string of the molecule is COC[C@@]12CN(C(=O)c3ccccc3C(F)(F)F)C[C@@H]1C(C)(C)C2. The molecule has 1 saturated heterocycles. The number of amides is 1. The summed E-state index contributed by atoms with van der Waals surface area (Å²) in [5.74, 6) is -0.282. The minimum atomic E-state index is -4.53. The van der Waals surface area contributed by atoms with E-state index in [0.29, 0.717) is 19.7 Å². The van der Waals surface area contributed by atoms with Crippen LogP contribution in [0.1, 0.15) is 36.2 Å². The molecule has 3 rings (SSSR count). The van der Waals surface area contributed by atoms with Crippen molar-refractivity contribution < 1.29 is 22.7 Å². The molecule has 1 saturated carbocycles. The Hall–Kier alpha value is -1.56. The summed E-state index contributed by atoms with van der Waals surface area (Å²) in [6.07, 6.45) is -3.61. The number of rotatable bonds is 3. The third kappa shape index (κ3) is 2.61. The Morgan fingerprint density at radius 2 is 2.00 bits per heavy atom.